The van der Waals surface area contributed by atoms with Gasteiger partial charge in [0.25, 0.3) is 5.91 Å². The smallest absolute Gasteiger partial charge is 0.274 e. The van der Waals surface area contributed by atoms with Crippen molar-refractivity contribution in [3.8, 4) is 0 Å². The molecule has 2 aliphatic rings. The van der Waals surface area contributed by atoms with Crippen molar-refractivity contribution in [2.45, 2.75) is 31.3 Å². The van der Waals surface area contributed by atoms with E-state index in [0.29, 0.717) is 24.8 Å². The van der Waals surface area contributed by atoms with Crippen LogP contribution in [0.4, 0.5) is 0 Å². The number of aromatic amines is 1. The zero-order valence-corrected chi connectivity index (χ0v) is 13.3. The Labute approximate surface area is 135 Å². The van der Waals surface area contributed by atoms with Crippen LogP contribution in [0.15, 0.2) is 30.3 Å². The first-order valence-corrected chi connectivity index (χ1v) is 8.22. The number of carbonyl (C=O) groups is 1. The number of hydrogen-bond acceptors (Lipinski definition) is 3. The van der Waals surface area contributed by atoms with E-state index < -0.39 is 0 Å². The Kier molecular flexibility index (Phi) is 3.65. The van der Waals surface area contributed by atoms with E-state index in [2.05, 4.69) is 28.4 Å². The van der Waals surface area contributed by atoms with Gasteiger partial charge in [-0.15, -0.1) is 0 Å². The molecule has 1 atom stereocenters. The first-order valence-electron chi connectivity index (χ1n) is 8.22. The predicted molar refractivity (Wildman–Crippen MR) is 86.4 cm³/mol. The summed E-state index contributed by atoms with van der Waals surface area (Å²) in [5.74, 6) is 0.516. The zero-order chi connectivity index (χ0) is 15.8. The fourth-order valence-corrected chi connectivity index (χ4v) is 3.20. The molecule has 23 heavy (non-hydrogen) atoms. The van der Waals surface area contributed by atoms with Crippen molar-refractivity contribution in [3.05, 3.63) is 52.8 Å². The van der Waals surface area contributed by atoms with Crippen LogP contribution in [0, 0.1) is 0 Å². The molecular formula is C18H21N3O2. The van der Waals surface area contributed by atoms with Gasteiger partial charge in [0.05, 0.1) is 13.2 Å². The number of nitrogens with one attached hydrogen (secondary N) is 1. The number of hydrogen-bond donors (Lipinski definition) is 1. The molecule has 4 rings (SSSR count). The fourth-order valence-electron chi connectivity index (χ4n) is 3.20. The molecule has 120 valence electrons. The van der Waals surface area contributed by atoms with E-state index in [9.17, 15) is 4.79 Å². The summed E-state index contributed by atoms with van der Waals surface area (Å²) in [5, 5.41) is 7.17. The van der Waals surface area contributed by atoms with Crippen LogP contribution in [0.1, 0.15) is 52.2 Å². The Morgan fingerprint density at radius 1 is 1.39 bits per heavy atom. The van der Waals surface area contributed by atoms with Crippen molar-refractivity contribution in [3.63, 3.8) is 0 Å². The van der Waals surface area contributed by atoms with E-state index in [1.165, 1.54) is 24.0 Å². The summed E-state index contributed by atoms with van der Waals surface area (Å²) in [6.45, 7) is 1.25. The molecule has 1 aromatic heterocycles. The normalized spacial score (nSPS) is 20.1. The lowest BCUT2D eigenvalue weighted by Crippen LogP contribution is -2.34. The first kappa shape index (κ1) is 14.5. The maximum Gasteiger partial charge on any atom is 0.274 e. The van der Waals surface area contributed by atoms with Crippen LogP contribution in [-0.2, 0) is 11.2 Å². The van der Waals surface area contributed by atoms with Gasteiger partial charge in [-0.25, -0.2) is 0 Å². The second-order valence-electron chi connectivity index (χ2n) is 6.48. The van der Waals surface area contributed by atoms with Crippen molar-refractivity contribution in [2.75, 3.05) is 20.2 Å². The molecule has 5 nitrogen and oxygen atoms in total. The topological polar surface area (TPSA) is 58.2 Å². The number of rotatable bonds is 4. The molecule has 2 aromatic rings. The highest BCUT2D eigenvalue weighted by Gasteiger charge is 2.28. The van der Waals surface area contributed by atoms with E-state index >= 15 is 0 Å². The summed E-state index contributed by atoms with van der Waals surface area (Å²) >= 11 is 0. The van der Waals surface area contributed by atoms with Crippen molar-refractivity contribution in [1.82, 2.24) is 15.1 Å². The summed E-state index contributed by atoms with van der Waals surface area (Å²) in [5.41, 5.74) is 4.10. The number of carbonyl (C=O) groups excluding carboxylic acids is 1. The average molecular weight is 311 g/mol. The number of ether oxygens (including phenoxy) is 1. The van der Waals surface area contributed by atoms with Crippen LogP contribution in [0.25, 0.3) is 0 Å². The Hall–Kier alpha value is -2.14. The van der Waals surface area contributed by atoms with Gasteiger partial charge in [0.2, 0.25) is 0 Å². The largest absolute Gasteiger partial charge is 0.371 e. The van der Waals surface area contributed by atoms with Gasteiger partial charge in [-0.3, -0.25) is 9.89 Å². The van der Waals surface area contributed by atoms with Crippen LogP contribution < -0.4 is 0 Å². The number of benzene rings is 1. The Bertz CT molecular complexity index is 721. The summed E-state index contributed by atoms with van der Waals surface area (Å²) in [7, 11) is 1.81. The molecular weight excluding hydrogens is 290 g/mol. The van der Waals surface area contributed by atoms with Crippen molar-refractivity contribution in [1.29, 1.82) is 0 Å². The molecule has 0 spiro atoms. The van der Waals surface area contributed by atoms with E-state index in [4.69, 9.17) is 4.74 Å². The van der Waals surface area contributed by atoms with Crippen LogP contribution in [0.3, 0.4) is 0 Å². The Balaban J connectivity index is 1.47. The minimum atomic E-state index is -0.0595. The third-order valence-corrected chi connectivity index (χ3v) is 4.71. The predicted octanol–water partition coefficient (Wildman–Crippen LogP) is 2.67. The zero-order valence-electron chi connectivity index (χ0n) is 13.3. The van der Waals surface area contributed by atoms with E-state index in [-0.39, 0.29) is 12.0 Å². The maximum absolute atomic E-state index is 12.6. The van der Waals surface area contributed by atoms with Gasteiger partial charge in [0.1, 0.15) is 11.8 Å². The molecule has 0 unspecified atom stereocenters. The number of nitrogens with zero attached hydrogens (tertiary/aromatic N) is 2. The summed E-state index contributed by atoms with van der Waals surface area (Å²) in [6, 6.07) is 10.2. The molecule has 0 bridgehead atoms. The number of likely N-dealkylation sites (N-methyl/N-ethyl adjacent to an activating group) is 1. The van der Waals surface area contributed by atoms with Gasteiger partial charge < -0.3 is 9.64 Å². The fraction of sp³-hybridized carbons (Fsp3) is 0.444. The van der Waals surface area contributed by atoms with Crippen molar-refractivity contribution >= 4 is 5.91 Å². The summed E-state index contributed by atoms with van der Waals surface area (Å²) in [4.78, 5) is 14.3. The minimum Gasteiger partial charge on any atom is -0.371 e. The standard InChI is InChI=1S/C18H21N3O2/c1-21(18(22)16-10-15(19-20-16)13-6-7-13)11-17-14-5-3-2-4-12(14)8-9-23-17/h2-5,10,13,17H,6-9,11H2,1H3,(H,19,20)/t17-/m0/s1. The van der Waals surface area contributed by atoms with Crippen molar-refractivity contribution in [2.24, 2.45) is 0 Å². The first-order chi connectivity index (χ1) is 11.2. The van der Waals surface area contributed by atoms with E-state index in [1.807, 2.05) is 19.2 Å². The maximum atomic E-state index is 12.6. The van der Waals surface area contributed by atoms with Gasteiger partial charge in [0, 0.05) is 18.7 Å². The number of aromatic nitrogens is 2. The highest BCUT2D eigenvalue weighted by atomic mass is 16.5. The Morgan fingerprint density at radius 3 is 3.04 bits per heavy atom. The Morgan fingerprint density at radius 2 is 2.22 bits per heavy atom. The molecule has 5 heteroatoms. The molecule has 0 saturated heterocycles. The molecule has 1 aliphatic heterocycles. The van der Waals surface area contributed by atoms with Gasteiger partial charge in [-0.1, -0.05) is 24.3 Å². The lowest BCUT2D eigenvalue weighted by atomic mass is 9.97. The molecule has 1 aliphatic carbocycles. The average Bonchev–Trinajstić information content (AvgIpc) is 3.32. The minimum absolute atomic E-state index is 0.0557. The monoisotopic (exact) mass is 311 g/mol. The second kappa shape index (κ2) is 5.81. The number of fused-ring (bicyclic) bond motifs is 1. The van der Waals surface area contributed by atoms with Crippen LogP contribution in [0.5, 0.6) is 0 Å². The lowest BCUT2D eigenvalue weighted by molar-refractivity contribution is 0.0198. The highest BCUT2D eigenvalue weighted by molar-refractivity contribution is 5.92. The third kappa shape index (κ3) is 2.88. The molecule has 1 amide bonds. The molecule has 0 radical (unpaired) electrons. The molecule has 1 N–H and O–H groups in total. The molecule has 1 fully saturated rings. The second-order valence-corrected chi connectivity index (χ2v) is 6.48. The lowest BCUT2D eigenvalue weighted by Gasteiger charge is -2.29. The number of amides is 1. The summed E-state index contributed by atoms with van der Waals surface area (Å²) in [6.07, 6.45) is 3.27. The molecule has 1 aromatic carbocycles. The van der Waals surface area contributed by atoms with Crippen molar-refractivity contribution < 1.29 is 9.53 Å². The SMILES string of the molecule is CN(C[C@@H]1OCCc2ccccc21)C(=O)c1cc(C2CC2)[nH]n1. The third-order valence-electron chi connectivity index (χ3n) is 4.71. The highest BCUT2D eigenvalue weighted by Crippen LogP contribution is 2.39. The molecule has 1 saturated carbocycles. The van der Waals surface area contributed by atoms with Gasteiger partial charge in [-0.05, 0) is 36.5 Å². The summed E-state index contributed by atoms with van der Waals surface area (Å²) < 4.78 is 5.89. The molecule has 2 heterocycles. The van der Waals surface area contributed by atoms with Gasteiger partial charge >= 0.3 is 0 Å². The van der Waals surface area contributed by atoms with Crippen LogP contribution >= 0.6 is 0 Å². The van der Waals surface area contributed by atoms with Crippen LogP contribution in [-0.4, -0.2) is 41.2 Å². The van der Waals surface area contributed by atoms with Gasteiger partial charge in [-0.2, -0.15) is 5.10 Å². The van der Waals surface area contributed by atoms with Crippen LogP contribution in [0.2, 0.25) is 0 Å². The van der Waals surface area contributed by atoms with E-state index in [0.717, 1.165) is 12.1 Å². The van der Waals surface area contributed by atoms with Gasteiger partial charge in [0.15, 0.2) is 0 Å². The van der Waals surface area contributed by atoms with E-state index in [1.54, 1.807) is 4.90 Å². The quantitative estimate of drug-likeness (QED) is 0.944. The number of H-pyrrole nitrogens is 1.